The number of pyridine rings is 1. The number of aliphatic hydroxyl groups is 1. The zero-order valence-electron chi connectivity index (χ0n) is 18.0. The van der Waals surface area contributed by atoms with Crippen LogP contribution in [0.4, 0.5) is 0 Å². The van der Waals surface area contributed by atoms with Gasteiger partial charge in [-0.15, -0.1) is 0 Å². The summed E-state index contributed by atoms with van der Waals surface area (Å²) in [4.78, 5) is 4.63. The Morgan fingerprint density at radius 2 is 1.90 bits per heavy atom. The topological polar surface area (TPSA) is 83.5 Å². The summed E-state index contributed by atoms with van der Waals surface area (Å²) in [6.45, 7) is 7.00. The summed E-state index contributed by atoms with van der Waals surface area (Å²) >= 11 is 0. The number of aromatic nitrogens is 3. The summed E-state index contributed by atoms with van der Waals surface area (Å²) in [6, 6.07) is 15.3. The van der Waals surface area contributed by atoms with Gasteiger partial charge in [-0.05, 0) is 38.5 Å². The molecule has 2 heterocycles. The molecule has 0 saturated carbocycles. The molecule has 0 aliphatic carbocycles. The molecule has 4 aromatic rings. The first-order chi connectivity index (χ1) is 14.9. The van der Waals surface area contributed by atoms with Crippen molar-refractivity contribution in [3.63, 3.8) is 0 Å². The number of imidazole rings is 1. The predicted octanol–water partition coefficient (Wildman–Crippen LogP) is 3.71. The van der Waals surface area contributed by atoms with Crippen LogP contribution in [-0.4, -0.2) is 26.9 Å². The Labute approximate surface area is 181 Å². The van der Waals surface area contributed by atoms with Gasteiger partial charge in [0.05, 0.1) is 23.0 Å². The normalized spacial score (nSPS) is 12.0. The SMILES string of the molecule is CCOCc1nc2c[n+]([O-])c3ccc(OCc4ccccc4)cc3c2n1CC(C)(C)O. The second-order valence-electron chi connectivity index (χ2n) is 8.21. The van der Waals surface area contributed by atoms with E-state index in [1.165, 1.54) is 6.20 Å². The number of ether oxygens (including phenoxy) is 2. The molecule has 7 heteroatoms. The zero-order chi connectivity index (χ0) is 22.0. The van der Waals surface area contributed by atoms with Crippen molar-refractivity contribution in [2.45, 2.75) is 46.1 Å². The molecule has 2 aromatic heterocycles. The van der Waals surface area contributed by atoms with Crippen molar-refractivity contribution in [1.82, 2.24) is 9.55 Å². The van der Waals surface area contributed by atoms with Gasteiger partial charge in [0.2, 0.25) is 11.7 Å². The fraction of sp³-hybridized carbons (Fsp3) is 0.333. The van der Waals surface area contributed by atoms with E-state index >= 15 is 0 Å². The van der Waals surface area contributed by atoms with E-state index in [0.29, 0.717) is 49.0 Å². The van der Waals surface area contributed by atoms with Crippen LogP contribution in [0.25, 0.3) is 21.9 Å². The molecule has 0 fully saturated rings. The monoisotopic (exact) mass is 421 g/mol. The fourth-order valence-corrected chi connectivity index (χ4v) is 3.66. The molecule has 0 radical (unpaired) electrons. The maximum Gasteiger partial charge on any atom is 0.226 e. The van der Waals surface area contributed by atoms with E-state index in [2.05, 4.69) is 4.98 Å². The van der Waals surface area contributed by atoms with E-state index in [-0.39, 0.29) is 0 Å². The summed E-state index contributed by atoms with van der Waals surface area (Å²) in [5.41, 5.74) is 1.95. The highest BCUT2D eigenvalue weighted by Gasteiger charge is 2.23. The molecule has 4 rings (SSSR count). The van der Waals surface area contributed by atoms with E-state index in [4.69, 9.17) is 9.47 Å². The lowest BCUT2D eigenvalue weighted by atomic mass is 10.1. The Morgan fingerprint density at radius 1 is 1.13 bits per heavy atom. The molecule has 162 valence electrons. The van der Waals surface area contributed by atoms with Crippen LogP contribution in [0.1, 0.15) is 32.2 Å². The molecule has 7 nitrogen and oxygen atoms in total. The number of hydrogen-bond acceptors (Lipinski definition) is 5. The Bertz CT molecular complexity index is 1200. The van der Waals surface area contributed by atoms with Gasteiger partial charge in [-0.2, -0.15) is 4.73 Å². The van der Waals surface area contributed by atoms with E-state index < -0.39 is 5.60 Å². The molecule has 0 aliphatic rings. The second kappa shape index (κ2) is 8.53. The van der Waals surface area contributed by atoms with Crippen molar-refractivity contribution >= 4 is 21.9 Å². The summed E-state index contributed by atoms with van der Waals surface area (Å²) in [5.74, 6) is 1.33. The first kappa shape index (κ1) is 21.1. The first-order valence-electron chi connectivity index (χ1n) is 10.4. The minimum atomic E-state index is -0.967. The Hall–Kier alpha value is -3.16. The minimum absolute atomic E-state index is 0.297. The molecule has 0 bridgehead atoms. The predicted molar refractivity (Wildman–Crippen MR) is 119 cm³/mol. The molecular formula is C24H27N3O4. The van der Waals surface area contributed by atoms with Crippen LogP contribution in [0.5, 0.6) is 5.75 Å². The van der Waals surface area contributed by atoms with Crippen molar-refractivity contribution < 1.29 is 19.3 Å². The molecule has 31 heavy (non-hydrogen) atoms. The summed E-state index contributed by atoms with van der Waals surface area (Å²) in [6.07, 6.45) is 1.47. The molecule has 0 atom stereocenters. The quantitative estimate of drug-likeness (QED) is 0.346. The van der Waals surface area contributed by atoms with Gasteiger partial charge in [0.1, 0.15) is 24.8 Å². The Kier molecular flexibility index (Phi) is 5.80. The third-order valence-corrected chi connectivity index (χ3v) is 5.00. The van der Waals surface area contributed by atoms with Crippen LogP contribution < -0.4 is 9.47 Å². The Morgan fingerprint density at radius 3 is 2.61 bits per heavy atom. The third kappa shape index (κ3) is 4.62. The van der Waals surface area contributed by atoms with Gasteiger partial charge in [0.15, 0.2) is 5.52 Å². The summed E-state index contributed by atoms with van der Waals surface area (Å²) < 4.78 is 14.3. The lowest BCUT2D eigenvalue weighted by molar-refractivity contribution is -0.575. The van der Waals surface area contributed by atoms with Gasteiger partial charge in [0.25, 0.3) is 0 Å². The van der Waals surface area contributed by atoms with E-state index in [9.17, 15) is 10.3 Å². The number of rotatable bonds is 8. The van der Waals surface area contributed by atoms with Crippen LogP contribution in [-0.2, 0) is 24.5 Å². The van der Waals surface area contributed by atoms with Crippen molar-refractivity contribution in [2.75, 3.05) is 6.61 Å². The smallest absolute Gasteiger partial charge is 0.226 e. The van der Waals surface area contributed by atoms with Crippen LogP contribution >= 0.6 is 0 Å². The van der Waals surface area contributed by atoms with E-state index in [1.54, 1.807) is 26.0 Å². The molecule has 0 aliphatic heterocycles. The van der Waals surface area contributed by atoms with E-state index in [1.807, 2.05) is 47.9 Å². The first-order valence-corrected chi connectivity index (χ1v) is 10.4. The number of benzene rings is 2. The second-order valence-corrected chi connectivity index (χ2v) is 8.21. The molecule has 0 unspecified atom stereocenters. The maximum atomic E-state index is 12.6. The highest BCUT2D eigenvalue weighted by Crippen LogP contribution is 2.29. The number of fused-ring (bicyclic) bond motifs is 3. The average molecular weight is 421 g/mol. The molecule has 0 amide bonds. The summed E-state index contributed by atoms with van der Waals surface area (Å²) in [5, 5.41) is 23.9. The number of nitrogens with zero attached hydrogens (tertiary/aromatic N) is 3. The average Bonchev–Trinajstić information content (AvgIpc) is 3.06. The zero-order valence-corrected chi connectivity index (χ0v) is 18.0. The van der Waals surface area contributed by atoms with Gasteiger partial charge in [-0.1, -0.05) is 30.3 Å². The molecule has 2 aromatic carbocycles. The van der Waals surface area contributed by atoms with Crippen LogP contribution in [0, 0.1) is 5.21 Å². The van der Waals surface area contributed by atoms with Crippen LogP contribution in [0.3, 0.4) is 0 Å². The van der Waals surface area contributed by atoms with Crippen LogP contribution in [0.2, 0.25) is 0 Å². The highest BCUT2D eigenvalue weighted by atomic mass is 16.5. The largest absolute Gasteiger partial charge is 0.618 e. The van der Waals surface area contributed by atoms with Crippen molar-refractivity contribution in [2.24, 2.45) is 0 Å². The third-order valence-electron chi connectivity index (χ3n) is 5.00. The van der Waals surface area contributed by atoms with Gasteiger partial charge in [-0.25, -0.2) is 4.98 Å². The standard InChI is InChI=1S/C24H27N3O4/c1-4-30-15-22-25-20-13-27(29)21-11-10-18(31-14-17-8-6-5-7-9-17)12-19(21)23(20)26(22)16-24(2,3)28/h5-13,28H,4,14-16H2,1-3H3. The Balaban J connectivity index is 1.83. The number of hydrogen-bond donors (Lipinski definition) is 1. The summed E-state index contributed by atoms with van der Waals surface area (Å²) in [7, 11) is 0. The highest BCUT2D eigenvalue weighted by molar-refractivity contribution is 6.01. The van der Waals surface area contributed by atoms with Gasteiger partial charge in [-0.3, -0.25) is 0 Å². The maximum absolute atomic E-state index is 12.6. The molecule has 1 N–H and O–H groups in total. The lowest BCUT2D eigenvalue weighted by Crippen LogP contribution is -2.28. The molecule has 0 spiro atoms. The van der Waals surface area contributed by atoms with Gasteiger partial charge in [0, 0.05) is 12.7 Å². The lowest BCUT2D eigenvalue weighted by Gasteiger charge is -2.20. The van der Waals surface area contributed by atoms with Crippen molar-refractivity contribution in [3.8, 4) is 5.75 Å². The van der Waals surface area contributed by atoms with Gasteiger partial charge < -0.3 is 24.4 Å². The minimum Gasteiger partial charge on any atom is -0.618 e. The van der Waals surface area contributed by atoms with E-state index in [0.717, 1.165) is 21.2 Å². The molecule has 0 saturated heterocycles. The molecular weight excluding hydrogens is 394 g/mol. The van der Waals surface area contributed by atoms with Crippen LogP contribution in [0.15, 0.2) is 54.7 Å². The van der Waals surface area contributed by atoms with Crippen molar-refractivity contribution in [1.29, 1.82) is 0 Å². The fourth-order valence-electron chi connectivity index (χ4n) is 3.66. The van der Waals surface area contributed by atoms with Crippen molar-refractivity contribution in [3.05, 3.63) is 71.3 Å². The van der Waals surface area contributed by atoms with Gasteiger partial charge >= 0.3 is 0 Å².